The zero-order chi connectivity index (χ0) is 28.5. The molecule has 1 atom stereocenters. The molecule has 4 aromatic carbocycles. The number of rotatable bonds is 9. The molecule has 0 aliphatic heterocycles. The second-order valence-corrected chi connectivity index (χ2v) is 11.3. The van der Waals surface area contributed by atoms with Crippen LogP contribution in [0.2, 0.25) is 0 Å². The molecule has 4 rings (SSSR count). The highest BCUT2D eigenvalue weighted by Gasteiger charge is 2.17. The Kier molecular flexibility index (Phi) is 9.94. The van der Waals surface area contributed by atoms with Crippen LogP contribution in [0.4, 0.5) is 11.4 Å². The molecule has 4 aromatic rings. The Balaban J connectivity index is 1.43. The third kappa shape index (κ3) is 8.18. The molecule has 0 heterocycles. The van der Waals surface area contributed by atoms with E-state index in [1.807, 2.05) is 80.6 Å². The highest BCUT2D eigenvalue weighted by atomic mass is 79.9. The average molecular weight is 615 g/mol. The van der Waals surface area contributed by atoms with Gasteiger partial charge in [0, 0.05) is 26.3 Å². The Morgan fingerprint density at radius 1 is 0.825 bits per heavy atom. The Hall–Kier alpha value is -4.14. The van der Waals surface area contributed by atoms with Crippen molar-refractivity contribution >= 4 is 62.9 Å². The van der Waals surface area contributed by atoms with Crippen molar-refractivity contribution in [1.29, 1.82) is 0 Å². The lowest BCUT2D eigenvalue weighted by Gasteiger charge is -2.14. The van der Waals surface area contributed by atoms with Crippen LogP contribution in [-0.2, 0) is 9.59 Å². The van der Waals surface area contributed by atoms with Gasteiger partial charge in [-0.05, 0) is 85.6 Å². The topological polar surface area (TPSA) is 87.3 Å². The highest BCUT2D eigenvalue weighted by molar-refractivity contribution is 9.10. The minimum atomic E-state index is -0.462. The number of carbonyl (C=O) groups is 3. The summed E-state index contributed by atoms with van der Waals surface area (Å²) in [5, 5.41) is 8.24. The second kappa shape index (κ2) is 13.8. The third-order valence-corrected chi connectivity index (χ3v) is 7.49. The maximum Gasteiger partial charge on any atom is 0.272 e. The Morgan fingerprint density at radius 3 is 2.23 bits per heavy atom. The van der Waals surface area contributed by atoms with Crippen LogP contribution < -0.4 is 16.0 Å². The van der Waals surface area contributed by atoms with Crippen LogP contribution in [0.1, 0.15) is 28.4 Å². The minimum Gasteiger partial charge on any atom is -0.325 e. The summed E-state index contributed by atoms with van der Waals surface area (Å²) in [7, 11) is 0. The molecule has 0 aliphatic rings. The molecule has 0 aromatic heterocycles. The normalized spacial score (nSPS) is 11.8. The summed E-state index contributed by atoms with van der Waals surface area (Å²) in [6.45, 7) is 3.80. The smallest absolute Gasteiger partial charge is 0.272 e. The molecule has 0 spiro atoms. The van der Waals surface area contributed by atoms with Gasteiger partial charge in [0.25, 0.3) is 11.8 Å². The molecule has 0 saturated heterocycles. The summed E-state index contributed by atoms with van der Waals surface area (Å²) < 4.78 is 0.852. The van der Waals surface area contributed by atoms with Crippen molar-refractivity contribution in [1.82, 2.24) is 5.32 Å². The van der Waals surface area contributed by atoms with E-state index < -0.39 is 5.91 Å². The van der Waals surface area contributed by atoms with E-state index in [1.54, 1.807) is 42.5 Å². The van der Waals surface area contributed by atoms with Crippen LogP contribution >= 0.6 is 27.7 Å². The highest BCUT2D eigenvalue weighted by Crippen LogP contribution is 2.26. The molecule has 8 heteroatoms. The van der Waals surface area contributed by atoms with E-state index in [-0.39, 0.29) is 22.8 Å². The molecule has 0 aliphatic carbocycles. The molecule has 202 valence electrons. The summed E-state index contributed by atoms with van der Waals surface area (Å²) in [6.07, 6.45) is 1.62. The fourth-order valence-electron chi connectivity index (χ4n) is 3.73. The van der Waals surface area contributed by atoms with Crippen LogP contribution in [0, 0.1) is 6.92 Å². The van der Waals surface area contributed by atoms with Gasteiger partial charge in [-0.1, -0.05) is 64.5 Å². The summed E-state index contributed by atoms with van der Waals surface area (Å²) in [5.74, 6) is -0.939. The van der Waals surface area contributed by atoms with Crippen molar-refractivity contribution in [3.63, 3.8) is 0 Å². The maximum atomic E-state index is 13.3. The maximum absolute atomic E-state index is 13.3. The summed E-state index contributed by atoms with van der Waals surface area (Å²) in [4.78, 5) is 39.7. The number of halogens is 1. The molecule has 40 heavy (non-hydrogen) atoms. The molecule has 3 amide bonds. The van der Waals surface area contributed by atoms with Gasteiger partial charge in [0.1, 0.15) is 5.70 Å². The molecular weight excluding hydrogens is 586 g/mol. The first kappa shape index (κ1) is 28.9. The largest absolute Gasteiger partial charge is 0.325 e. The van der Waals surface area contributed by atoms with Crippen molar-refractivity contribution in [3.05, 3.63) is 130 Å². The zero-order valence-electron chi connectivity index (χ0n) is 22.0. The van der Waals surface area contributed by atoms with Gasteiger partial charge in [-0.25, -0.2) is 0 Å². The number of nitrogens with one attached hydrogen (secondary N) is 3. The van der Waals surface area contributed by atoms with E-state index in [2.05, 4.69) is 31.9 Å². The first-order valence-electron chi connectivity index (χ1n) is 12.6. The van der Waals surface area contributed by atoms with Crippen molar-refractivity contribution in [2.75, 3.05) is 10.6 Å². The quantitative estimate of drug-likeness (QED) is 0.137. The van der Waals surface area contributed by atoms with E-state index in [0.29, 0.717) is 11.3 Å². The van der Waals surface area contributed by atoms with Gasteiger partial charge in [0.15, 0.2) is 0 Å². The van der Waals surface area contributed by atoms with Crippen LogP contribution in [0.15, 0.2) is 118 Å². The van der Waals surface area contributed by atoms with Crippen molar-refractivity contribution < 1.29 is 14.4 Å². The van der Waals surface area contributed by atoms with Gasteiger partial charge in [0.05, 0.1) is 5.25 Å². The van der Waals surface area contributed by atoms with E-state index in [0.717, 1.165) is 26.2 Å². The monoisotopic (exact) mass is 613 g/mol. The number of amides is 3. The van der Waals surface area contributed by atoms with Gasteiger partial charge in [0.2, 0.25) is 5.91 Å². The Labute approximate surface area is 246 Å². The fourth-order valence-corrected chi connectivity index (χ4v) is 5.01. The number of para-hydroxylation sites is 1. The average Bonchev–Trinajstić information content (AvgIpc) is 2.95. The van der Waals surface area contributed by atoms with Crippen LogP contribution in [-0.4, -0.2) is 23.0 Å². The molecular formula is C32H28BrN3O3S. The third-order valence-electron chi connectivity index (χ3n) is 5.89. The van der Waals surface area contributed by atoms with Crippen LogP contribution in [0.25, 0.3) is 6.08 Å². The standard InChI is InChI=1S/C32H28BrN3O3S/c1-21-9-6-7-14-28(21)35-30(37)22(2)40-27-17-15-26(16-18-27)34-32(39)29(20-23-10-8-13-25(33)19-23)36-31(38)24-11-4-3-5-12-24/h3-20,22H,1-2H3,(H,34,39)(H,35,37)(H,36,38)/b29-20-. The number of benzene rings is 4. The predicted molar refractivity (Wildman–Crippen MR) is 166 cm³/mol. The molecule has 0 saturated carbocycles. The first-order chi connectivity index (χ1) is 19.3. The number of hydrogen-bond donors (Lipinski definition) is 3. The molecule has 3 N–H and O–H groups in total. The van der Waals surface area contributed by atoms with E-state index in [4.69, 9.17) is 0 Å². The number of thioether (sulfide) groups is 1. The Morgan fingerprint density at radius 2 is 1.52 bits per heavy atom. The van der Waals surface area contributed by atoms with Gasteiger partial charge in [-0.15, -0.1) is 11.8 Å². The van der Waals surface area contributed by atoms with Gasteiger partial charge in [-0.2, -0.15) is 0 Å². The molecule has 6 nitrogen and oxygen atoms in total. The molecule has 0 radical (unpaired) electrons. The number of hydrogen-bond acceptors (Lipinski definition) is 4. The van der Waals surface area contributed by atoms with Gasteiger partial charge < -0.3 is 16.0 Å². The Bertz CT molecular complexity index is 1540. The van der Waals surface area contributed by atoms with Gasteiger partial charge >= 0.3 is 0 Å². The molecule has 0 bridgehead atoms. The zero-order valence-corrected chi connectivity index (χ0v) is 24.4. The summed E-state index contributed by atoms with van der Waals surface area (Å²) in [5.41, 5.74) is 3.65. The summed E-state index contributed by atoms with van der Waals surface area (Å²) in [6, 6.07) is 31.0. The second-order valence-electron chi connectivity index (χ2n) is 8.98. The molecule has 1 unspecified atom stereocenters. The lowest BCUT2D eigenvalue weighted by Crippen LogP contribution is -2.30. The molecule has 0 fully saturated rings. The number of carbonyl (C=O) groups excluding carboxylic acids is 3. The first-order valence-corrected chi connectivity index (χ1v) is 14.2. The van der Waals surface area contributed by atoms with Crippen molar-refractivity contribution in [3.8, 4) is 0 Å². The van der Waals surface area contributed by atoms with Crippen LogP contribution in [0.5, 0.6) is 0 Å². The minimum absolute atomic E-state index is 0.0897. The van der Waals surface area contributed by atoms with Gasteiger partial charge in [-0.3, -0.25) is 14.4 Å². The fraction of sp³-hybridized carbons (Fsp3) is 0.0938. The predicted octanol–water partition coefficient (Wildman–Crippen LogP) is 7.29. The van der Waals surface area contributed by atoms with E-state index in [1.165, 1.54) is 11.8 Å². The number of anilines is 2. The number of aryl methyl sites for hydroxylation is 1. The van der Waals surface area contributed by atoms with E-state index in [9.17, 15) is 14.4 Å². The SMILES string of the molecule is Cc1ccccc1NC(=O)C(C)Sc1ccc(NC(=O)/C(=C/c2cccc(Br)c2)NC(=O)c2ccccc2)cc1. The lowest BCUT2D eigenvalue weighted by atomic mass is 10.1. The van der Waals surface area contributed by atoms with Crippen molar-refractivity contribution in [2.24, 2.45) is 0 Å². The van der Waals surface area contributed by atoms with Crippen LogP contribution in [0.3, 0.4) is 0 Å². The van der Waals surface area contributed by atoms with Crippen molar-refractivity contribution in [2.45, 2.75) is 24.0 Å². The lowest BCUT2D eigenvalue weighted by molar-refractivity contribution is -0.115. The summed E-state index contributed by atoms with van der Waals surface area (Å²) >= 11 is 4.86. The van der Waals surface area contributed by atoms with E-state index >= 15 is 0 Å².